The van der Waals surface area contributed by atoms with Gasteiger partial charge >= 0.3 is 18.4 Å². The van der Waals surface area contributed by atoms with Gasteiger partial charge in [-0.25, -0.2) is 14.5 Å². The fourth-order valence-corrected chi connectivity index (χ4v) is 2.29. The lowest BCUT2D eigenvalue weighted by molar-refractivity contribution is -0.246. The van der Waals surface area contributed by atoms with E-state index in [1.165, 1.54) is 0 Å². The second-order valence-corrected chi connectivity index (χ2v) is 7.05. The standard InChI is InChI=1S/C19H26F3NO4/c1-13(2)10-16(17(24)26-11-14(3)4)23(19(20,21)22)18(25)27-12-15-8-6-5-7-9-15/h5-9,13-14,16H,10-12H2,1-4H3/t16-/m0/s1. The van der Waals surface area contributed by atoms with E-state index in [4.69, 9.17) is 9.47 Å². The SMILES string of the molecule is CC(C)COC(=O)[C@H](CC(C)C)N(C(=O)OCc1ccccc1)C(F)(F)F. The van der Waals surface area contributed by atoms with Gasteiger partial charge in [0.05, 0.1) is 6.61 Å². The second kappa shape index (κ2) is 10.2. The zero-order valence-electron chi connectivity index (χ0n) is 16.0. The third-order valence-electron chi connectivity index (χ3n) is 3.51. The lowest BCUT2D eigenvalue weighted by atomic mass is 10.0. The lowest BCUT2D eigenvalue weighted by Crippen LogP contribution is -2.54. The van der Waals surface area contributed by atoms with Crippen LogP contribution in [-0.2, 0) is 20.9 Å². The van der Waals surface area contributed by atoms with Crippen LogP contribution in [0.2, 0.25) is 0 Å². The predicted molar refractivity (Wildman–Crippen MR) is 93.6 cm³/mol. The van der Waals surface area contributed by atoms with E-state index < -0.39 is 29.3 Å². The van der Waals surface area contributed by atoms with E-state index in [2.05, 4.69) is 0 Å². The topological polar surface area (TPSA) is 55.8 Å². The number of ether oxygens (including phenoxy) is 2. The van der Waals surface area contributed by atoms with Gasteiger partial charge in [-0.3, -0.25) is 0 Å². The van der Waals surface area contributed by atoms with Crippen molar-refractivity contribution in [3.63, 3.8) is 0 Å². The molecule has 0 aliphatic carbocycles. The largest absolute Gasteiger partial charge is 0.490 e. The number of halogens is 3. The molecule has 8 heteroatoms. The highest BCUT2D eigenvalue weighted by molar-refractivity contribution is 5.81. The second-order valence-electron chi connectivity index (χ2n) is 7.05. The number of esters is 1. The van der Waals surface area contributed by atoms with Crippen LogP contribution < -0.4 is 0 Å². The number of rotatable bonds is 8. The van der Waals surface area contributed by atoms with Crippen molar-refractivity contribution in [3.05, 3.63) is 35.9 Å². The summed E-state index contributed by atoms with van der Waals surface area (Å²) in [6, 6.07) is 6.52. The van der Waals surface area contributed by atoms with E-state index >= 15 is 0 Å². The van der Waals surface area contributed by atoms with Crippen molar-refractivity contribution in [2.24, 2.45) is 11.8 Å². The molecule has 5 nitrogen and oxygen atoms in total. The zero-order chi connectivity index (χ0) is 20.6. The Labute approximate surface area is 157 Å². The molecule has 0 heterocycles. The van der Waals surface area contributed by atoms with E-state index in [1.807, 2.05) is 0 Å². The highest BCUT2D eigenvalue weighted by Gasteiger charge is 2.50. The molecule has 1 rings (SSSR count). The van der Waals surface area contributed by atoms with Gasteiger partial charge in [0.25, 0.3) is 0 Å². The molecule has 0 saturated carbocycles. The molecular weight excluding hydrogens is 363 g/mol. The van der Waals surface area contributed by atoms with Crippen LogP contribution in [0.4, 0.5) is 18.0 Å². The molecule has 0 aliphatic heterocycles. The van der Waals surface area contributed by atoms with Crippen molar-refractivity contribution in [2.75, 3.05) is 6.61 Å². The quantitative estimate of drug-likeness (QED) is 0.475. The van der Waals surface area contributed by atoms with Crippen molar-refractivity contribution in [1.82, 2.24) is 4.90 Å². The maximum absolute atomic E-state index is 13.6. The predicted octanol–water partition coefficient (Wildman–Crippen LogP) is 4.76. The Morgan fingerprint density at radius 2 is 1.59 bits per heavy atom. The van der Waals surface area contributed by atoms with Crippen molar-refractivity contribution in [1.29, 1.82) is 0 Å². The zero-order valence-corrected chi connectivity index (χ0v) is 16.0. The number of amides is 1. The molecule has 0 saturated heterocycles. The van der Waals surface area contributed by atoms with Crippen LogP contribution in [0.1, 0.15) is 39.7 Å². The van der Waals surface area contributed by atoms with Crippen LogP contribution in [0.15, 0.2) is 30.3 Å². The van der Waals surface area contributed by atoms with Gasteiger partial charge in [0, 0.05) is 0 Å². The Morgan fingerprint density at radius 1 is 1.00 bits per heavy atom. The van der Waals surface area contributed by atoms with Gasteiger partial charge in [-0.2, -0.15) is 0 Å². The Morgan fingerprint density at radius 3 is 2.07 bits per heavy atom. The lowest BCUT2D eigenvalue weighted by Gasteiger charge is -2.31. The van der Waals surface area contributed by atoms with Crippen LogP contribution >= 0.6 is 0 Å². The Hall–Kier alpha value is -2.25. The maximum Gasteiger partial charge on any atom is 0.490 e. The molecule has 0 aliphatic rings. The normalized spacial score (nSPS) is 12.8. The Bertz CT molecular complexity index is 603. The van der Waals surface area contributed by atoms with E-state index in [-0.39, 0.29) is 31.5 Å². The number of benzene rings is 1. The third kappa shape index (κ3) is 7.88. The van der Waals surface area contributed by atoms with Crippen LogP contribution in [0.5, 0.6) is 0 Å². The van der Waals surface area contributed by atoms with Gasteiger partial charge in [-0.1, -0.05) is 58.0 Å². The van der Waals surface area contributed by atoms with Gasteiger partial charge in [-0.15, -0.1) is 13.2 Å². The molecule has 0 spiro atoms. The first kappa shape index (κ1) is 22.8. The van der Waals surface area contributed by atoms with Crippen LogP contribution in [0.25, 0.3) is 0 Å². The smallest absolute Gasteiger partial charge is 0.464 e. The van der Waals surface area contributed by atoms with Crippen LogP contribution in [0, 0.1) is 11.8 Å². The first-order valence-electron chi connectivity index (χ1n) is 8.75. The van der Waals surface area contributed by atoms with Crippen molar-refractivity contribution < 1.29 is 32.2 Å². The molecule has 1 aromatic carbocycles. The van der Waals surface area contributed by atoms with Gasteiger partial charge in [0.2, 0.25) is 0 Å². The fourth-order valence-electron chi connectivity index (χ4n) is 2.29. The van der Waals surface area contributed by atoms with E-state index in [9.17, 15) is 22.8 Å². The number of carbonyl (C=O) groups excluding carboxylic acids is 2. The summed E-state index contributed by atoms with van der Waals surface area (Å²) in [5, 5.41) is 0. The summed E-state index contributed by atoms with van der Waals surface area (Å²) in [6.45, 7) is 6.49. The molecule has 152 valence electrons. The Kier molecular flexibility index (Phi) is 8.59. The summed E-state index contributed by atoms with van der Waals surface area (Å²) in [5.41, 5.74) is 0.538. The van der Waals surface area contributed by atoms with Gasteiger partial charge < -0.3 is 9.47 Å². The molecule has 1 atom stereocenters. The molecule has 1 aromatic rings. The van der Waals surface area contributed by atoms with Crippen molar-refractivity contribution >= 4 is 12.1 Å². The van der Waals surface area contributed by atoms with Crippen LogP contribution in [0.3, 0.4) is 0 Å². The fraction of sp³-hybridized carbons (Fsp3) is 0.579. The van der Waals surface area contributed by atoms with E-state index in [0.29, 0.717) is 5.56 Å². The highest BCUT2D eigenvalue weighted by atomic mass is 19.4. The molecule has 0 unspecified atom stereocenters. The minimum Gasteiger partial charge on any atom is -0.464 e. The summed E-state index contributed by atoms with van der Waals surface area (Å²) >= 11 is 0. The average molecular weight is 389 g/mol. The number of carbonyl (C=O) groups is 2. The molecule has 27 heavy (non-hydrogen) atoms. The summed E-state index contributed by atoms with van der Waals surface area (Å²) in [5.74, 6) is -1.40. The van der Waals surface area contributed by atoms with Gasteiger partial charge in [0.15, 0.2) is 0 Å². The Balaban J connectivity index is 2.99. The van der Waals surface area contributed by atoms with Crippen molar-refractivity contribution in [2.45, 2.75) is 53.1 Å². The third-order valence-corrected chi connectivity index (χ3v) is 3.51. The number of hydrogen-bond donors (Lipinski definition) is 0. The van der Waals surface area contributed by atoms with E-state index in [0.717, 1.165) is 0 Å². The minimum atomic E-state index is -5.08. The molecule has 0 radical (unpaired) electrons. The molecule has 0 N–H and O–H groups in total. The average Bonchev–Trinajstić information content (AvgIpc) is 2.56. The monoisotopic (exact) mass is 389 g/mol. The van der Waals surface area contributed by atoms with E-state index in [1.54, 1.807) is 58.0 Å². The molecule has 1 amide bonds. The number of alkyl halides is 3. The molecular formula is C19H26F3NO4. The summed E-state index contributed by atoms with van der Waals surface area (Å²) < 4.78 is 50.5. The minimum absolute atomic E-state index is 0.0296. The highest BCUT2D eigenvalue weighted by Crippen LogP contribution is 2.29. The summed E-state index contributed by atoms with van der Waals surface area (Å²) in [4.78, 5) is 24.0. The summed E-state index contributed by atoms with van der Waals surface area (Å²) in [7, 11) is 0. The van der Waals surface area contributed by atoms with Gasteiger partial charge in [-0.05, 0) is 23.8 Å². The first-order chi connectivity index (χ1) is 12.5. The van der Waals surface area contributed by atoms with Crippen LogP contribution in [-0.4, -0.2) is 35.9 Å². The van der Waals surface area contributed by atoms with Gasteiger partial charge in [0.1, 0.15) is 12.6 Å². The summed E-state index contributed by atoms with van der Waals surface area (Å²) in [6.07, 6.45) is -6.90. The first-order valence-corrected chi connectivity index (χ1v) is 8.75. The molecule has 0 aromatic heterocycles. The van der Waals surface area contributed by atoms with Crippen molar-refractivity contribution in [3.8, 4) is 0 Å². The number of nitrogens with zero attached hydrogens (tertiary/aromatic N) is 1. The maximum atomic E-state index is 13.6. The number of hydrogen-bond acceptors (Lipinski definition) is 4. The molecule has 0 bridgehead atoms. The molecule has 0 fully saturated rings.